The fourth-order valence-electron chi connectivity index (χ4n) is 5.68. The number of hydrogen-bond acceptors (Lipinski definition) is 8. The van der Waals surface area contributed by atoms with Crippen molar-refractivity contribution in [3.8, 4) is 46.2 Å². The summed E-state index contributed by atoms with van der Waals surface area (Å²) >= 11 is 0. The number of ether oxygens (including phenoxy) is 3. The molecule has 2 saturated heterocycles. The van der Waals surface area contributed by atoms with E-state index >= 15 is 0 Å². The second-order valence-corrected chi connectivity index (χ2v) is 13.4. The minimum atomic E-state index is 0.0141. The molecule has 2 saturated carbocycles. The first-order valence-electron chi connectivity index (χ1n) is 20.3. The maximum absolute atomic E-state index is 12.1. The van der Waals surface area contributed by atoms with Crippen molar-refractivity contribution in [2.75, 3.05) is 33.0 Å². The predicted octanol–water partition coefficient (Wildman–Crippen LogP) is 8.60. The fraction of sp³-hybridized carbons (Fsp3) is 0.533. The second-order valence-electron chi connectivity index (χ2n) is 13.4. The lowest BCUT2D eigenvalue weighted by Gasteiger charge is -2.21. The molecular formula is C45H60N6O4. The molecule has 0 amide bonds. The zero-order chi connectivity index (χ0) is 39.4. The van der Waals surface area contributed by atoms with E-state index < -0.39 is 0 Å². The Labute approximate surface area is 328 Å². The molecule has 2 aliphatic carbocycles. The molecule has 2 aromatic heterocycles. The Balaban J connectivity index is 0.000000202. The molecule has 10 heteroatoms. The molecule has 0 unspecified atom stereocenters. The predicted molar refractivity (Wildman–Crippen MR) is 218 cm³/mol. The average Bonchev–Trinajstić information content (AvgIpc) is 4.16. The first-order chi connectivity index (χ1) is 26.9. The van der Waals surface area contributed by atoms with Crippen LogP contribution in [0.2, 0.25) is 0 Å². The highest BCUT2D eigenvalue weighted by Crippen LogP contribution is 2.29. The van der Waals surface area contributed by atoms with Gasteiger partial charge in [0.05, 0.1) is 51.5 Å². The number of aromatic nitrogens is 6. The van der Waals surface area contributed by atoms with Gasteiger partial charge in [-0.2, -0.15) is 0 Å². The summed E-state index contributed by atoms with van der Waals surface area (Å²) in [6, 6.07) is 12.1. The normalized spacial score (nSPS) is 17.0. The number of benzene rings is 2. The van der Waals surface area contributed by atoms with Gasteiger partial charge in [0, 0.05) is 52.8 Å². The van der Waals surface area contributed by atoms with Crippen molar-refractivity contribution in [2.45, 2.75) is 113 Å². The number of ketones is 1. The van der Waals surface area contributed by atoms with Gasteiger partial charge in [-0.1, -0.05) is 73.9 Å². The van der Waals surface area contributed by atoms with Gasteiger partial charge in [0.15, 0.2) is 5.78 Å². The third-order valence-electron chi connectivity index (χ3n) is 8.98. The van der Waals surface area contributed by atoms with Gasteiger partial charge >= 0.3 is 0 Å². The molecule has 10 nitrogen and oxygen atoms in total. The van der Waals surface area contributed by atoms with Crippen molar-refractivity contribution in [1.82, 2.24) is 30.0 Å². The lowest BCUT2D eigenvalue weighted by molar-refractivity contribution is -0.0334. The van der Waals surface area contributed by atoms with Crippen LogP contribution in [0.4, 0.5) is 0 Å². The van der Waals surface area contributed by atoms with Crippen LogP contribution in [-0.4, -0.2) is 74.9 Å². The zero-order valence-electron chi connectivity index (χ0n) is 34.1. The highest BCUT2D eigenvalue weighted by molar-refractivity contribution is 6.00. The molecule has 0 N–H and O–H groups in total. The number of rotatable bonds is 6. The first-order valence-corrected chi connectivity index (χ1v) is 20.3. The van der Waals surface area contributed by atoms with E-state index in [4.69, 9.17) is 14.2 Å². The van der Waals surface area contributed by atoms with E-state index in [1.807, 2.05) is 67.7 Å². The van der Waals surface area contributed by atoms with Crippen LogP contribution in [0.1, 0.15) is 114 Å². The molecule has 294 valence electrons. The molecule has 8 rings (SSSR count). The zero-order valence-corrected chi connectivity index (χ0v) is 34.1. The number of carbonyl (C=O) groups is 1. The summed E-state index contributed by atoms with van der Waals surface area (Å²) in [6.45, 7) is 19.2. The van der Waals surface area contributed by atoms with Gasteiger partial charge in [-0.05, 0) is 95.5 Å². The van der Waals surface area contributed by atoms with E-state index in [-0.39, 0.29) is 11.9 Å². The van der Waals surface area contributed by atoms with Crippen LogP contribution in [0.3, 0.4) is 0 Å². The van der Waals surface area contributed by atoms with Gasteiger partial charge in [0.1, 0.15) is 11.4 Å². The summed E-state index contributed by atoms with van der Waals surface area (Å²) in [7, 11) is 0. The largest absolute Gasteiger partial charge is 0.377 e. The fourth-order valence-corrected chi connectivity index (χ4v) is 5.68. The SMILES string of the molecule is C1COCCO1.CC.CC.CC(=O)c1cc(C#CC2CC2)ccc1-c1cn(C[C@H]2CCCCO2)nn1.CCn1cc(-c2ccc(C#CC3CC3)cc2C)nn1. The Morgan fingerprint density at radius 2 is 1.27 bits per heavy atom. The molecular weight excluding hydrogens is 689 g/mol. The molecule has 4 aromatic rings. The van der Waals surface area contributed by atoms with Crippen LogP contribution in [0.15, 0.2) is 48.8 Å². The van der Waals surface area contributed by atoms with Gasteiger partial charge in [0.25, 0.3) is 0 Å². The summed E-state index contributed by atoms with van der Waals surface area (Å²) in [4.78, 5) is 12.1. The quantitative estimate of drug-likeness (QED) is 0.143. The van der Waals surface area contributed by atoms with E-state index in [0.717, 1.165) is 80.4 Å². The molecule has 0 bridgehead atoms. The lowest BCUT2D eigenvalue weighted by atomic mass is 9.99. The Morgan fingerprint density at radius 3 is 1.76 bits per heavy atom. The van der Waals surface area contributed by atoms with Gasteiger partial charge < -0.3 is 14.2 Å². The van der Waals surface area contributed by atoms with Crippen LogP contribution < -0.4 is 0 Å². The van der Waals surface area contributed by atoms with E-state index in [1.165, 1.54) is 37.7 Å². The number of nitrogens with zero attached hydrogens (tertiary/aromatic N) is 6. The Morgan fingerprint density at radius 1 is 0.727 bits per heavy atom. The topological polar surface area (TPSA) is 106 Å². The smallest absolute Gasteiger partial charge is 0.160 e. The molecule has 55 heavy (non-hydrogen) atoms. The minimum absolute atomic E-state index is 0.0141. The van der Waals surface area contributed by atoms with Crippen molar-refractivity contribution in [3.63, 3.8) is 0 Å². The maximum atomic E-state index is 12.1. The van der Waals surface area contributed by atoms with Crippen molar-refractivity contribution in [3.05, 3.63) is 71.0 Å². The molecule has 4 aliphatic rings. The van der Waals surface area contributed by atoms with Crippen molar-refractivity contribution in [1.29, 1.82) is 0 Å². The summed E-state index contributed by atoms with van der Waals surface area (Å²) in [6.07, 6.45) is 12.4. The van der Waals surface area contributed by atoms with E-state index in [9.17, 15) is 4.79 Å². The standard InChI is InChI=1S/C21H23N3O2.C16H17N3.C4H8O2.2C2H6/c1-15(25)20-12-17(8-7-16-5-6-16)9-10-19(20)21-14-24(23-22-21)13-18-4-2-3-11-26-18;1-3-19-11-16(17-18-19)15-9-8-14(10-12(15)2)7-6-13-4-5-13;1-2-6-4-3-5-1;2*1-2/h9-10,12,14,16,18H,2-6,11,13H2,1H3;8-11,13H,3-5H2,1-2H3;1-4H2;2*1-2H3/t18-;;;;/m1..../s1. The molecule has 0 spiro atoms. The Bertz CT molecular complexity index is 1880. The van der Waals surface area contributed by atoms with Crippen LogP contribution >= 0.6 is 0 Å². The highest BCUT2D eigenvalue weighted by atomic mass is 16.6. The van der Waals surface area contributed by atoms with Crippen molar-refractivity contribution < 1.29 is 19.0 Å². The lowest BCUT2D eigenvalue weighted by Crippen LogP contribution is -2.24. The molecule has 4 fully saturated rings. The third kappa shape index (κ3) is 14.5. The van der Waals surface area contributed by atoms with E-state index in [0.29, 0.717) is 29.6 Å². The minimum Gasteiger partial charge on any atom is -0.377 e. The summed E-state index contributed by atoms with van der Waals surface area (Å²) in [5, 5.41) is 16.8. The molecule has 4 heterocycles. The van der Waals surface area contributed by atoms with Gasteiger partial charge in [-0.25, -0.2) is 4.68 Å². The van der Waals surface area contributed by atoms with Crippen LogP contribution in [0.25, 0.3) is 22.5 Å². The summed E-state index contributed by atoms with van der Waals surface area (Å²) in [5.41, 5.74) is 7.42. The molecule has 1 atom stereocenters. The Hall–Kier alpha value is -4.61. The third-order valence-corrected chi connectivity index (χ3v) is 8.98. The van der Waals surface area contributed by atoms with E-state index in [1.54, 1.807) is 6.92 Å². The van der Waals surface area contributed by atoms with Crippen LogP contribution in [0.5, 0.6) is 0 Å². The number of aryl methyl sites for hydroxylation is 2. The van der Waals surface area contributed by atoms with Gasteiger partial charge in [-0.15, -0.1) is 10.2 Å². The van der Waals surface area contributed by atoms with E-state index in [2.05, 4.69) is 76.4 Å². The number of hydrogen-bond donors (Lipinski definition) is 0. The molecule has 2 aliphatic heterocycles. The van der Waals surface area contributed by atoms with Crippen molar-refractivity contribution >= 4 is 5.78 Å². The second kappa shape index (κ2) is 23.3. The highest BCUT2D eigenvalue weighted by Gasteiger charge is 2.20. The average molecular weight is 749 g/mol. The maximum Gasteiger partial charge on any atom is 0.160 e. The van der Waals surface area contributed by atoms with Crippen LogP contribution in [0, 0.1) is 42.4 Å². The van der Waals surface area contributed by atoms with Gasteiger partial charge in [-0.3, -0.25) is 9.48 Å². The first kappa shape index (κ1) is 43.1. The summed E-state index contributed by atoms with van der Waals surface area (Å²) < 4.78 is 19.3. The number of Topliss-reactive ketones (excluding diaryl/α,β-unsaturated/α-hetero) is 1. The Kier molecular flexibility index (Phi) is 18.3. The molecule has 2 aromatic carbocycles. The van der Waals surface area contributed by atoms with Crippen molar-refractivity contribution in [2.24, 2.45) is 11.8 Å². The molecule has 0 radical (unpaired) electrons. The summed E-state index contributed by atoms with van der Waals surface area (Å²) in [5.74, 6) is 14.2. The van der Waals surface area contributed by atoms with Gasteiger partial charge in [0.2, 0.25) is 0 Å². The van der Waals surface area contributed by atoms with Crippen LogP contribution in [-0.2, 0) is 27.3 Å². The monoisotopic (exact) mass is 748 g/mol. The number of carbonyl (C=O) groups excluding carboxylic acids is 1.